The summed E-state index contributed by atoms with van der Waals surface area (Å²) in [6, 6.07) is 7.33. The Hall–Kier alpha value is -3.74. The molecule has 2 heterocycles. The quantitative estimate of drug-likeness (QED) is 0.145. The summed E-state index contributed by atoms with van der Waals surface area (Å²) >= 11 is 0. The maximum absolute atomic E-state index is 12.5. The van der Waals surface area contributed by atoms with Crippen molar-refractivity contribution in [2.45, 2.75) is 48.7 Å². The minimum atomic E-state index is -2.17. The number of phenols is 1. The number of rotatable bonds is 11. The van der Waals surface area contributed by atoms with Gasteiger partial charge in [-0.15, -0.1) is 0 Å². The molecule has 4 rings (SSSR count). The van der Waals surface area contributed by atoms with Crippen LogP contribution in [0.4, 0.5) is 0 Å². The van der Waals surface area contributed by atoms with Crippen molar-refractivity contribution in [1.82, 2.24) is 0 Å². The van der Waals surface area contributed by atoms with Crippen LogP contribution in [0.5, 0.6) is 23.0 Å². The van der Waals surface area contributed by atoms with Crippen LogP contribution < -0.4 is 14.2 Å². The lowest BCUT2D eigenvalue weighted by atomic mass is 9.98. The van der Waals surface area contributed by atoms with E-state index in [2.05, 4.69) is 0 Å². The van der Waals surface area contributed by atoms with Gasteiger partial charge in [-0.25, -0.2) is 9.59 Å². The highest BCUT2D eigenvalue weighted by molar-refractivity contribution is 5.90. The van der Waals surface area contributed by atoms with Crippen molar-refractivity contribution < 1.29 is 78.5 Å². The Morgan fingerprint density at radius 1 is 0.953 bits per heavy atom. The maximum Gasteiger partial charge on any atom is 0.338 e. The molecule has 2 aliphatic heterocycles. The lowest BCUT2D eigenvalue weighted by Gasteiger charge is -2.42. The van der Waals surface area contributed by atoms with E-state index in [1.165, 1.54) is 50.6 Å². The van der Waals surface area contributed by atoms with Gasteiger partial charge in [0, 0.05) is 0 Å². The molecule has 236 valence electrons. The molecule has 0 saturated carbocycles. The molecule has 2 fully saturated rings. The molecule has 16 nitrogen and oxygen atoms in total. The first-order chi connectivity index (χ1) is 20.4. The van der Waals surface area contributed by atoms with Crippen molar-refractivity contribution in [1.29, 1.82) is 0 Å². The number of aromatic carboxylic acids is 1. The number of phenolic OH excluding ortho intramolecular Hbond substituents is 1. The normalized spacial score (nSPS) is 30.4. The van der Waals surface area contributed by atoms with E-state index in [1.54, 1.807) is 0 Å². The predicted octanol–water partition coefficient (Wildman–Crippen LogP) is -1.38. The molecule has 2 aromatic carbocycles. The minimum absolute atomic E-state index is 0.0111. The maximum atomic E-state index is 12.5. The zero-order valence-electron chi connectivity index (χ0n) is 22.9. The van der Waals surface area contributed by atoms with E-state index in [4.69, 9.17) is 33.2 Å². The van der Waals surface area contributed by atoms with Crippen LogP contribution in [0.15, 0.2) is 36.4 Å². The van der Waals surface area contributed by atoms with Gasteiger partial charge in [0.1, 0.15) is 31.0 Å². The largest absolute Gasteiger partial charge is 0.504 e. The van der Waals surface area contributed by atoms with Gasteiger partial charge in [0.15, 0.2) is 41.0 Å². The number of aromatic hydroxyl groups is 1. The molecular formula is C27H32O16. The molecule has 0 bridgehead atoms. The van der Waals surface area contributed by atoms with Crippen LogP contribution in [0.1, 0.15) is 20.7 Å². The standard InChI is InChI=1S/C27H32O16/c1-37-16-8-13(3-5-14(16)29)24(35)39-10-27(36)11-40-26(22(27)32)43-21-20(31)19(30)18(9-28)42-25(21)41-15-6-4-12(23(33)34)7-17(15)38-2/h3-8,18-22,25-26,28-32,36H,9-11H2,1-2H3,(H,33,34)/t18-,19-,20+,21-,22+,25-,26+,27-/m1/s1. The molecule has 2 aliphatic rings. The van der Waals surface area contributed by atoms with Crippen LogP contribution in [0.3, 0.4) is 0 Å². The first-order valence-corrected chi connectivity index (χ1v) is 12.8. The lowest BCUT2D eigenvalue weighted by Crippen LogP contribution is -2.62. The number of aliphatic hydroxyl groups is 5. The third-order valence-corrected chi connectivity index (χ3v) is 6.94. The summed E-state index contributed by atoms with van der Waals surface area (Å²) in [5.74, 6) is -2.41. The Bertz CT molecular complexity index is 1300. The second kappa shape index (κ2) is 13.3. The fourth-order valence-electron chi connectivity index (χ4n) is 4.45. The van der Waals surface area contributed by atoms with Gasteiger partial charge in [0.05, 0.1) is 38.6 Å². The van der Waals surface area contributed by atoms with Crippen LogP contribution >= 0.6 is 0 Å². The van der Waals surface area contributed by atoms with E-state index in [9.17, 15) is 45.3 Å². The number of hydrogen-bond acceptors (Lipinski definition) is 15. The van der Waals surface area contributed by atoms with Gasteiger partial charge in [-0.3, -0.25) is 0 Å². The van der Waals surface area contributed by atoms with Crippen molar-refractivity contribution in [3.63, 3.8) is 0 Å². The van der Waals surface area contributed by atoms with E-state index in [0.717, 1.165) is 0 Å². The average molecular weight is 613 g/mol. The van der Waals surface area contributed by atoms with Crippen molar-refractivity contribution in [2.24, 2.45) is 0 Å². The number of carbonyl (C=O) groups excluding carboxylic acids is 1. The highest BCUT2D eigenvalue weighted by atomic mass is 16.8. The Kier molecular flexibility index (Phi) is 9.93. The number of carboxylic acid groups (broad SMARTS) is 1. The molecule has 16 heteroatoms. The summed E-state index contributed by atoms with van der Waals surface area (Å²) in [5.41, 5.74) is -2.29. The molecule has 0 radical (unpaired) electrons. The molecule has 7 N–H and O–H groups in total. The van der Waals surface area contributed by atoms with E-state index in [1.807, 2.05) is 0 Å². The van der Waals surface area contributed by atoms with E-state index < -0.39 is 80.5 Å². The molecule has 2 aromatic rings. The lowest BCUT2D eigenvalue weighted by molar-refractivity contribution is -0.319. The second-order valence-electron chi connectivity index (χ2n) is 9.79. The zero-order valence-corrected chi connectivity index (χ0v) is 22.9. The fourth-order valence-corrected chi connectivity index (χ4v) is 4.45. The fraction of sp³-hybridized carbons (Fsp3) is 0.481. The van der Waals surface area contributed by atoms with Crippen molar-refractivity contribution >= 4 is 11.9 Å². The zero-order chi connectivity index (χ0) is 31.5. The smallest absolute Gasteiger partial charge is 0.338 e. The van der Waals surface area contributed by atoms with Crippen molar-refractivity contribution in [3.8, 4) is 23.0 Å². The summed E-state index contributed by atoms with van der Waals surface area (Å²) < 4.78 is 37.7. The third-order valence-electron chi connectivity index (χ3n) is 6.94. The van der Waals surface area contributed by atoms with Crippen LogP contribution in [0.2, 0.25) is 0 Å². The van der Waals surface area contributed by atoms with Crippen LogP contribution in [-0.2, 0) is 18.9 Å². The Morgan fingerprint density at radius 2 is 1.63 bits per heavy atom. The summed E-state index contributed by atoms with van der Waals surface area (Å²) in [7, 11) is 2.55. The van der Waals surface area contributed by atoms with Gasteiger partial charge < -0.3 is 68.9 Å². The number of benzene rings is 2. The first kappa shape index (κ1) is 32.2. The molecule has 0 aromatic heterocycles. The van der Waals surface area contributed by atoms with Crippen LogP contribution in [0.25, 0.3) is 0 Å². The molecule has 0 amide bonds. The van der Waals surface area contributed by atoms with E-state index in [0.29, 0.717) is 0 Å². The predicted molar refractivity (Wildman–Crippen MR) is 139 cm³/mol. The Morgan fingerprint density at radius 3 is 2.28 bits per heavy atom. The number of methoxy groups -OCH3 is 2. The topological polar surface area (TPSA) is 240 Å². The summed E-state index contributed by atoms with van der Waals surface area (Å²) in [4.78, 5) is 23.8. The van der Waals surface area contributed by atoms with Gasteiger partial charge in [-0.05, 0) is 36.4 Å². The second-order valence-corrected chi connectivity index (χ2v) is 9.79. The molecule has 2 saturated heterocycles. The summed E-state index contributed by atoms with van der Waals surface area (Å²) in [6.45, 7) is -2.05. The van der Waals surface area contributed by atoms with Crippen molar-refractivity contribution in [3.05, 3.63) is 47.5 Å². The number of hydrogen-bond donors (Lipinski definition) is 7. The number of aliphatic hydroxyl groups excluding tert-OH is 4. The number of esters is 1. The monoisotopic (exact) mass is 612 g/mol. The van der Waals surface area contributed by atoms with Crippen LogP contribution in [0, 0.1) is 0 Å². The van der Waals surface area contributed by atoms with Gasteiger partial charge in [-0.2, -0.15) is 0 Å². The first-order valence-electron chi connectivity index (χ1n) is 12.8. The van der Waals surface area contributed by atoms with E-state index >= 15 is 0 Å². The number of carbonyl (C=O) groups is 2. The molecular weight excluding hydrogens is 580 g/mol. The average Bonchev–Trinajstić information content (AvgIpc) is 3.28. The highest BCUT2D eigenvalue weighted by Gasteiger charge is 2.54. The number of carboxylic acids is 1. The molecule has 0 aliphatic carbocycles. The van der Waals surface area contributed by atoms with Gasteiger partial charge in [0.2, 0.25) is 6.29 Å². The Balaban J connectivity index is 1.48. The summed E-state index contributed by atoms with van der Waals surface area (Å²) in [5, 5.41) is 71.7. The molecule has 43 heavy (non-hydrogen) atoms. The van der Waals surface area contributed by atoms with E-state index in [-0.39, 0.29) is 34.1 Å². The number of ether oxygens (including phenoxy) is 7. The van der Waals surface area contributed by atoms with Crippen LogP contribution in [-0.4, -0.2) is 130 Å². The molecule has 8 atom stereocenters. The van der Waals surface area contributed by atoms with Gasteiger partial charge >= 0.3 is 11.9 Å². The molecule has 0 unspecified atom stereocenters. The minimum Gasteiger partial charge on any atom is -0.504 e. The molecule has 0 spiro atoms. The van der Waals surface area contributed by atoms with Gasteiger partial charge in [-0.1, -0.05) is 0 Å². The third kappa shape index (κ3) is 6.76. The Labute approximate surface area is 244 Å². The summed E-state index contributed by atoms with van der Waals surface area (Å²) in [6.07, 6.45) is -11.4. The van der Waals surface area contributed by atoms with Gasteiger partial charge in [0.25, 0.3) is 0 Å². The van der Waals surface area contributed by atoms with Crippen molar-refractivity contribution in [2.75, 3.05) is 34.0 Å². The highest BCUT2D eigenvalue weighted by Crippen LogP contribution is 2.35. The SMILES string of the molecule is COc1cc(C(=O)OC[C@@]2(O)CO[C@@H](O[C@H]3[C@H](Oc4ccc(C(=O)O)cc4OC)O[C@H](CO)[C@@H](O)[C@@H]3O)[C@@H]2O)ccc1O.